The van der Waals surface area contributed by atoms with Gasteiger partial charge in [-0.3, -0.25) is 0 Å². The third-order valence-electron chi connectivity index (χ3n) is 4.65. The van der Waals surface area contributed by atoms with Gasteiger partial charge in [0, 0.05) is 11.6 Å². The fourth-order valence-electron chi connectivity index (χ4n) is 3.14. The van der Waals surface area contributed by atoms with E-state index >= 15 is 0 Å². The Morgan fingerprint density at radius 3 is 2.20 bits per heavy atom. The number of alkyl halides is 3. The molecule has 0 aromatic heterocycles. The van der Waals surface area contributed by atoms with Gasteiger partial charge in [0.1, 0.15) is 11.6 Å². The molecule has 0 bridgehead atoms. The van der Waals surface area contributed by atoms with Crippen LogP contribution < -0.4 is 0 Å². The number of benzene rings is 1. The predicted molar refractivity (Wildman–Crippen MR) is 90.0 cm³/mol. The zero-order chi connectivity index (χ0) is 18.4. The molecule has 1 saturated carbocycles. The number of aryl methyl sites for hydroxylation is 1. The maximum atomic E-state index is 13.8. The first kappa shape index (κ1) is 19.7. The van der Waals surface area contributed by atoms with Gasteiger partial charge in [-0.05, 0) is 61.3 Å². The minimum Gasteiger partial charge on any atom is -0.206 e. The van der Waals surface area contributed by atoms with Gasteiger partial charge >= 0.3 is 6.18 Å². The van der Waals surface area contributed by atoms with Crippen LogP contribution in [0.1, 0.15) is 50.2 Å². The maximum Gasteiger partial charge on any atom is 0.409 e. The van der Waals surface area contributed by atoms with E-state index < -0.39 is 23.4 Å². The lowest BCUT2D eigenvalue weighted by Gasteiger charge is -2.23. The molecule has 1 aliphatic rings. The molecule has 1 aliphatic carbocycles. The Morgan fingerprint density at radius 2 is 1.64 bits per heavy atom. The van der Waals surface area contributed by atoms with Crippen LogP contribution >= 0.6 is 0 Å². The summed E-state index contributed by atoms with van der Waals surface area (Å²) in [6, 6.07) is 2.21. The van der Waals surface area contributed by atoms with Gasteiger partial charge < -0.3 is 0 Å². The van der Waals surface area contributed by atoms with E-state index in [4.69, 9.17) is 0 Å². The maximum absolute atomic E-state index is 13.8. The van der Waals surface area contributed by atoms with Crippen molar-refractivity contribution in [3.8, 4) is 0 Å². The van der Waals surface area contributed by atoms with Crippen LogP contribution in [0.4, 0.5) is 22.0 Å². The quantitative estimate of drug-likeness (QED) is 0.399. The van der Waals surface area contributed by atoms with Gasteiger partial charge in [0.25, 0.3) is 0 Å². The lowest BCUT2D eigenvalue weighted by Crippen LogP contribution is -2.09. The lowest BCUT2D eigenvalue weighted by molar-refractivity contribution is -0.0790. The average molecular weight is 358 g/mol. The van der Waals surface area contributed by atoms with Crippen molar-refractivity contribution >= 4 is 6.08 Å². The van der Waals surface area contributed by atoms with Crippen LogP contribution in [0.15, 0.2) is 30.4 Å². The molecule has 0 spiro atoms. The van der Waals surface area contributed by atoms with Gasteiger partial charge in [0.05, 0.1) is 0 Å². The van der Waals surface area contributed by atoms with Crippen LogP contribution in [0.3, 0.4) is 0 Å². The summed E-state index contributed by atoms with van der Waals surface area (Å²) in [5, 5.41) is 0. The van der Waals surface area contributed by atoms with Gasteiger partial charge in [-0.15, -0.1) is 0 Å². The molecular weight excluding hydrogens is 335 g/mol. The Bertz CT molecular complexity index is 596. The molecular formula is C20H23F5. The second-order valence-electron chi connectivity index (χ2n) is 6.83. The largest absolute Gasteiger partial charge is 0.409 e. The van der Waals surface area contributed by atoms with Crippen molar-refractivity contribution < 1.29 is 22.0 Å². The van der Waals surface area contributed by atoms with Crippen molar-refractivity contribution in [1.29, 1.82) is 0 Å². The Labute approximate surface area is 145 Å². The first-order chi connectivity index (χ1) is 11.7. The monoisotopic (exact) mass is 358 g/mol. The van der Waals surface area contributed by atoms with E-state index in [-0.39, 0.29) is 6.08 Å². The standard InChI is InChI=1S/C20H23F5/c1-14-6-8-15(9-7-14)4-2-3-5-16-12-18(21)17(19(22)13-16)10-11-20(23,24)25/h2,4,10-15H,3,5-9H2,1H3/b4-2+,11-10+. The van der Waals surface area contributed by atoms with Crippen LogP contribution in [-0.4, -0.2) is 6.18 Å². The normalized spacial score (nSPS) is 22.2. The number of allylic oxidation sites excluding steroid dienone is 3. The molecule has 0 atom stereocenters. The molecule has 0 unspecified atom stereocenters. The minimum atomic E-state index is -4.60. The van der Waals surface area contributed by atoms with Gasteiger partial charge in [0.2, 0.25) is 0 Å². The summed E-state index contributed by atoms with van der Waals surface area (Å²) >= 11 is 0. The highest BCUT2D eigenvalue weighted by Gasteiger charge is 2.22. The molecule has 1 fully saturated rings. The average Bonchev–Trinajstić information content (AvgIpc) is 2.51. The summed E-state index contributed by atoms with van der Waals surface area (Å²) in [6.07, 6.45) is 5.82. The summed E-state index contributed by atoms with van der Waals surface area (Å²) in [7, 11) is 0. The van der Waals surface area contributed by atoms with Crippen LogP contribution in [0, 0.1) is 23.5 Å². The molecule has 2 rings (SSSR count). The minimum absolute atomic E-state index is 0.165. The Morgan fingerprint density at radius 1 is 1.04 bits per heavy atom. The Hall–Kier alpha value is -1.65. The highest BCUT2D eigenvalue weighted by molar-refractivity contribution is 5.52. The molecule has 1 aromatic carbocycles. The molecule has 0 heterocycles. The molecule has 1 aromatic rings. The molecule has 138 valence electrons. The first-order valence-electron chi connectivity index (χ1n) is 8.65. The van der Waals surface area contributed by atoms with Crippen LogP contribution in [0.25, 0.3) is 6.08 Å². The second kappa shape index (κ2) is 8.63. The van der Waals surface area contributed by atoms with Crippen LogP contribution in [0.5, 0.6) is 0 Å². The van der Waals surface area contributed by atoms with Gasteiger partial charge in [0.15, 0.2) is 0 Å². The Balaban J connectivity index is 1.91. The van der Waals surface area contributed by atoms with Crippen molar-refractivity contribution in [1.82, 2.24) is 0 Å². The first-order valence-corrected chi connectivity index (χ1v) is 8.65. The molecule has 0 amide bonds. The van der Waals surface area contributed by atoms with Crippen LogP contribution in [0.2, 0.25) is 0 Å². The predicted octanol–water partition coefficient (Wildman–Crippen LogP) is 6.86. The molecule has 5 heteroatoms. The fourth-order valence-corrected chi connectivity index (χ4v) is 3.14. The molecule has 0 saturated heterocycles. The summed E-state index contributed by atoms with van der Waals surface area (Å²) in [4.78, 5) is 0. The Kier molecular flexibility index (Phi) is 6.79. The topological polar surface area (TPSA) is 0 Å². The molecule has 0 nitrogen and oxygen atoms in total. The third-order valence-corrected chi connectivity index (χ3v) is 4.65. The van der Waals surface area contributed by atoms with Gasteiger partial charge in [-0.25, -0.2) is 8.78 Å². The van der Waals surface area contributed by atoms with E-state index in [2.05, 4.69) is 13.0 Å². The third kappa shape index (κ3) is 6.63. The van der Waals surface area contributed by atoms with E-state index in [1.807, 2.05) is 6.08 Å². The van der Waals surface area contributed by atoms with E-state index in [0.717, 1.165) is 18.1 Å². The highest BCUT2D eigenvalue weighted by atomic mass is 19.4. The summed E-state index contributed by atoms with van der Waals surface area (Å²) in [5.74, 6) is -0.568. The van der Waals surface area contributed by atoms with Crippen molar-refractivity contribution in [2.75, 3.05) is 0 Å². The smallest absolute Gasteiger partial charge is 0.206 e. The molecule has 0 aliphatic heterocycles. The van der Waals surface area contributed by atoms with E-state index in [9.17, 15) is 22.0 Å². The van der Waals surface area contributed by atoms with Crippen molar-refractivity contribution in [3.63, 3.8) is 0 Å². The number of hydrogen-bond donors (Lipinski definition) is 0. The van der Waals surface area contributed by atoms with E-state index in [0.29, 0.717) is 30.4 Å². The molecule has 0 radical (unpaired) electrons. The number of rotatable bonds is 5. The van der Waals surface area contributed by atoms with Crippen LogP contribution in [-0.2, 0) is 6.42 Å². The van der Waals surface area contributed by atoms with Crippen molar-refractivity contribution in [3.05, 3.63) is 53.1 Å². The summed E-state index contributed by atoms with van der Waals surface area (Å²) in [6.45, 7) is 2.26. The fraction of sp³-hybridized carbons (Fsp3) is 0.500. The van der Waals surface area contributed by atoms with Crippen molar-refractivity contribution in [2.45, 2.75) is 51.6 Å². The van der Waals surface area contributed by atoms with Gasteiger partial charge in [-0.1, -0.05) is 31.9 Å². The number of halogens is 5. The van der Waals surface area contributed by atoms with Gasteiger partial charge in [-0.2, -0.15) is 13.2 Å². The summed E-state index contributed by atoms with van der Waals surface area (Å²) < 4.78 is 64.1. The highest BCUT2D eigenvalue weighted by Crippen LogP contribution is 2.29. The zero-order valence-electron chi connectivity index (χ0n) is 14.3. The molecule has 25 heavy (non-hydrogen) atoms. The van der Waals surface area contributed by atoms with E-state index in [1.54, 1.807) is 0 Å². The SMILES string of the molecule is CC1CCC(/C=C/CCc2cc(F)c(/C=C/C(F)(F)F)c(F)c2)CC1. The lowest BCUT2D eigenvalue weighted by atomic mass is 9.83. The molecule has 0 N–H and O–H groups in total. The second-order valence-corrected chi connectivity index (χ2v) is 6.83. The number of hydrogen-bond acceptors (Lipinski definition) is 0. The zero-order valence-corrected chi connectivity index (χ0v) is 14.3. The van der Waals surface area contributed by atoms with E-state index in [1.165, 1.54) is 25.7 Å². The van der Waals surface area contributed by atoms with Crippen molar-refractivity contribution in [2.24, 2.45) is 11.8 Å². The summed E-state index contributed by atoms with van der Waals surface area (Å²) in [5.41, 5.74) is -0.214.